The van der Waals surface area contributed by atoms with Crippen molar-refractivity contribution in [2.75, 3.05) is 6.54 Å². The average molecular weight is 233 g/mol. The van der Waals surface area contributed by atoms with Crippen LogP contribution in [0.5, 0.6) is 0 Å². The van der Waals surface area contributed by atoms with Crippen molar-refractivity contribution >= 4 is 21.4 Å². The summed E-state index contributed by atoms with van der Waals surface area (Å²) in [6, 6.07) is 9.28. The summed E-state index contributed by atoms with van der Waals surface area (Å²) in [5.74, 6) is 0. The maximum atomic E-state index is 3.46. The molecule has 0 fully saturated rings. The molecule has 1 heterocycles. The van der Waals surface area contributed by atoms with E-state index in [1.54, 1.807) is 0 Å². The number of fused-ring (bicyclic) bond motifs is 1. The molecule has 1 aromatic heterocycles. The van der Waals surface area contributed by atoms with Gasteiger partial charge in [0, 0.05) is 10.7 Å². The highest BCUT2D eigenvalue weighted by Gasteiger charge is 2.02. The topological polar surface area (TPSA) is 12.0 Å². The average Bonchev–Trinajstić information content (AvgIpc) is 2.68. The first-order valence-corrected chi connectivity index (χ1v) is 6.84. The summed E-state index contributed by atoms with van der Waals surface area (Å²) in [4.78, 5) is 0. The van der Waals surface area contributed by atoms with E-state index in [1.807, 2.05) is 11.3 Å². The SMILES string of the molecule is CC(C)NCCCc1csc2ccccc12. The summed E-state index contributed by atoms with van der Waals surface area (Å²) in [5.41, 5.74) is 1.51. The van der Waals surface area contributed by atoms with E-state index in [2.05, 4.69) is 48.8 Å². The van der Waals surface area contributed by atoms with Crippen LogP contribution in [-0.2, 0) is 6.42 Å². The van der Waals surface area contributed by atoms with Gasteiger partial charge >= 0.3 is 0 Å². The van der Waals surface area contributed by atoms with Crippen LogP contribution in [0.15, 0.2) is 29.6 Å². The molecule has 16 heavy (non-hydrogen) atoms. The highest BCUT2D eigenvalue weighted by Crippen LogP contribution is 2.26. The van der Waals surface area contributed by atoms with Gasteiger partial charge in [0.05, 0.1) is 0 Å². The first-order valence-electron chi connectivity index (χ1n) is 5.96. The van der Waals surface area contributed by atoms with Crippen molar-refractivity contribution in [3.8, 4) is 0 Å². The molecule has 0 amide bonds. The predicted octanol–water partition coefficient (Wildman–Crippen LogP) is 3.83. The molecule has 0 spiro atoms. The molecule has 2 aromatic rings. The second-order valence-electron chi connectivity index (χ2n) is 4.47. The predicted molar refractivity (Wildman–Crippen MR) is 73.3 cm³/mol. The normalized spacial score (nSPS) is 11.4. The molecule has 2 heteroatoms. The lowest BCUT2D eigenvalue weighted by atomic mass is 10.1. The first kappa shape index (κ1) is 11.6. The van der Waals surface area contributed by atoms with Crippen LogP contribution in [0.1, 0.15) is 25.8 Å². The molecular formula is C14H19NS. The smallest absolute Gasteiger partial charge is 0.0345 e. The highest BCUT2D eigenvalue weighted by atomic mass is 32.1. The van der Waals surface area contributed by atoms with Crippen LogP contribution in [0.3, 0.4) is 0 Å². The lowest BCUT2D eigenvalue weighted by molar-refractivity contribution is 0.571. The van der Waals surface area contributed by atoms with Crippen LogP contribution in [-0.4, -0.2) is 12.6 Å². The zero-order chi connectivity index (χ0) is 11.4. The fourth-order valence-electron chi connectivity index (χ4n) is 1.90. The summed E-state index contributed by atoms with van der Waals surface area (Å²) in [5, 5.41) is 7.21. The van der Waals surface area contributed by atoms with Gasteiger partial charge in [0.1, 0.15) is 0 Å². The van der Waals surface area contributed by atoms with Crippen molar-refractivity contribution in [3.05, 3.63) is 35.2 Å². The van der Waals surface area contributed by atoms with Gasteiger partial charge in [-0.05, 0) is 41.8 Å². The molecule has 2 rings (SSSR count). The maximum Gasteiger partial charge on any atom is 0.0345 e. The monoisotopic (exact) mass is 233 g/mol. The second kappa shape index (κ2) is 5.46. The van der Waals surface area contributed by atoms with Gasteiger partial charge in [0.15, 0.2) is 0 Å². The lowest BCUT2D eigenvalue weighted by Crippen LogP contribution is -2.23. The molecule has 1 nitrogen and oxygen atoms in total. The molecule has 0 saturated carbocycles. The van der Waals surface area contributed by atoms with Gasteiger partial charge in [-0.1, -0.05) is 32.0 Å². The summed E-state index contributed by atoms with van der Waals surface area (Å²) in [6.45, 7) is 5.50. The van der Waals surface area contributed by atoms with Crippen LogP contribution in [0.2, 0.25) is 0 Å². The Morgan fingerprint density at radius 3 is 2.88 bits per heavy atom. The lowest BCUT2D eigenvalue weighted by Gasteiger charge is -2.07. The molecule has 1 aromatic carbocycles. The Hall–Kier alpha value is -0.860. The Labute approximate surface area is 101 Å². The third kappa shape index (κ3) is 2.83. The Bertz CT molecular complexity index is 445. The number of thiophene rings is 1. The molecule has 0 radical (unpaired) electrons. The zero-order valence-corrected chi connectivity index (χ0v) is 10.8. The molecule has 0 aliphatic heterocycles. The van der Waals surface area contributed by atoms with E-state index in [4.69, 9.17) is 0 Å². The van der Waals surface area contributed by atoms with Gasteiger partial charge in [-0.2, -0.15) is 0 Å². The van der Waals surface area contributed by atoms with Crippen molar-refractivity contribution in [3.63, 3.8) is 0 Å². The Balaban J connectivity index is 1.94. The van der Waals surface area contributed by atoms with E-state index < -0.39 is 0 Å². The van der Waals surface area contributed by atoms with E-state index in [0.29, 0.717) is 6.04 Å². The molecule has 0 bridgehead atoms. The Kier molecular flexibility index (Phi) is 3.97. The standard InChI is InChI=1S/C14H19NS/c1-11(2)15-9-5-6-12-10-16-14-8-4-3-7-13(12)14/h3-4,7-8,10-11,15H,5-6,9H2,1-2H3. The quantitative estimate of drug-likeness (QED) is 0.774. The molecule has 0 aliphatic carbocycles. The molecule has 86 valence electrons. The van der Waals surface area contributed by atoms with Gasteiger partial charge in [-0.15, -0.1) is 11.3 Å². The molecule has 1 N–H and O–H groups in total. The van der Waals surface area contributed by atoms with Crippen LogP contribution >= 0.6 is 11.3 Å². The number of aryl methyl sites for hydroxylation is 1. The molecule has 0 saturated heterocycles. The number of nitrogens with one attached hydrogen (secondary N) is 1. The fourth-order valence-corrected chi connectivity index (χ4v) is 2.89. The fraction of sp³-hybridized carbons (Fsp3) is 0.429. The third-order valence-corrected chi connectivity index (χ3v) is 3.75. The van der Waals surface area contributed by atoms with E-state index in [9.17, 15) is 0 Å². The van der Waals surface area contributed by atoms with Crippen molar-refractivity contribution in [1.29, 1.82) is 0 Å². The van der Waals surface area contributed by atoms with Gasteiger partial charge in [0.2, 0.25) is 0 Å². The summed E-state index contributed by atoms with van der Waals surface area (Å²) in [7, 11) is 0. The Morgan fingerprint density at radius 2 is 2.06 bits per heavy atom. The Morgan fingerprint density at radius 1 is 1.25 bits per heavy atom. The third-order valence-electron chi connectivity index (χ3n) is 2.74. The summed E-state index contributed by atoms with van der Waals surface area (Å²) >= 11 is 1.86. The number of hydrogen-bond acceptors (Lipinski definition) is 2. The highest BCUT2D eigenvalue weighted by molar-refractivity contribution is 7.17. The first-order chi connectivity index (χ1) is 7.77. The molecule has 0 aliphatic rings. The van der Waals surface area contributed by atoms with Crippen LogP contribution < -0.4 is 5.32 Å². The number of hydrogen-bond donors (Lipinski definition) is 1. The largest absolute Gasteiger partial charge is 0.315 e. The van der Waals surface area contributed by atoms with Gasteiger partial charge in [-0.25, -0.2) is 0 Å². The minimum atomic E-state index is 0.596. The van der Waals surface area contributed by atoms with E-state index in [1.165, 1.54) is 28.5 Å². The van der Waals surface area contributed by atoms with Crippen LogP contribution in [0, 0.1) is 0 Å². The van der Waals surface area contributed by atoms with Gasteiger partial charge in [-0.3, -0.25) is 0 Å². The molecule has 0 unspecified atom stereocenters. The van der Waals surface area contributed by atoms with Crippen molar-refractivity contribution < 1.29 is 0 Å². The summed E-state index contributed by atoms with van der Waals surface area (Å²) < 4.78 is 1.41. The zero-order valence-electron chi connectivity index (χ0n) is 9.99. The molecular weight excluding hydrogens is 214 g/mol. The van der Waals surface area contributed by atoms with Gasteiger partial charge < -0.3 is 5.32 Å². The number of rotatable bonds is 5. The minimum Gasteiger partial charge on any atom is -0.315 e. The van der Waals surface area contributed by atoms with E-state index in [-0.39, 0.29) is 0 Å². The van der Waals surface area contributed by atoms with Crippen LogP contribution in [0.4, 0.5) is 0 Å². The number of benzene rings is 1. The summed E-state index contributed by atoms with van der Waals surface area (Å²) in [6.07, 6.45) is 2.41. The van der Waals surface area contributed by atoms with E-state index >= 15 is 0 Å². The minimum absolute atomic E-state index is 0.596. The van der Waals surface area contributed by atoms with Crippen molar-refractivity contribution in [2.24, 2.45) is 0 Å². The maximum absolute atomic E-state index is 3.46. The van der Waals surface area contributed by atoms with Crippen LogP contribution in [0.25, 0.3) is 10.1 Å². The second-order valence-corrected chi connectivity index (χ2v) is 5.38. The van der Waals surface area contributed by atoms with Crippen molar-refractivity contribution in [2.45, 2.75) is 32.7 Å². The van der Waals surface area contributed by atoms with E-state index in [0.717, 1.165) is 6.54 Å². The van der Waals surface area contributed by atoms with Gasteiger partial charge in [0.25, 0.3) is 0 Å². The van der Waals surface area contributed by atoms with Crippen molar-refractivity contribution in [1.82, 2.24) is 5.32 Å². The molecule has 0 atom stereocenters.